The van der Waals surface area contributed by atoms with Gasteiger partial charge in [0.2, 0.25) is 0 Å². The first-order chi connectivity index (χ1) is 7.97. The van der Waals surface area contributed by atoms with Crippen LogP contribution in [0.4, 0.5) is 0 Å². The van der Waals surface area contributed by atoms with Crippen molar-refractivity contribution in [2.75, 3.05) is 0 Å². The summed E-state index contributed by atoms with van der Waals surface area (Å²) in [7, 11) is -1.13. The number of fused-ring (bicyclic) bond motifs is 5. The van der Waals surface area contributed by atoms with E-state index in [1.54, 1.807) is 0 Å². The third-order valence-corrected chi connectivity index (χ3v) is 7.50. The maximum atomic E-state index is 2.69. The van der Waals surface area contributed by atoms with Crippen molar-refractivity contribution in [2.45, 2.75) is 45.8 Å². The summed E-state index contributed by atoms with van der Waals surface area (Å²) in [6, 6.07) is 0. The van der Waals surface area contributed by atoms with Crippen molar-refractivity contribution in [1.82, 2.24) is 0 Å². The molecule has 1 fully saturated rings. The average Bonchev–Trinajstić information content (AvgIpc) is 2.76. The molecule has 0 heterocycles. The highest BCUT2D eigenvalue weighted by Crippen LogP contribution is 2.55. The summed E-state index contributed by atoms with van der Waals surface area (Å²) in [6.07, 6.45) is 12.1. The average molecular weight is 246 g/mol. The molecule has 5 atom stereocenters. The first kappa shape index (κ1) is 11.8. The van der Waals surface area contributed by atoms with Gasteiger partial charge >= 0.3 is 0 Å². The highest BCUT2D eigenvalue weighted by atomic mass is 28.3. The molecule has 2 bridgehead atoms. The smallest absolute Gasteiger partial charge is 0.0724 e. The second-order valence-corrected chi connectivity index (χ2v) is 12.6. The molecule has 0 aliphatic heterocycles. The summed E-state index contributed by atoms with van der Waals surface area (Å²) < 4.78 is 0. The molecule has 94 valence electrons. The Hall–Kier alpha value is -0.303. The van der Waals surface area contributed by atoms with Crippen molar-refractivity contribution in [2.24, 2.45) is 29.6 Å². The first-order valence-corrected chi connectivity index (χ1v) is 10.9. The first-order valence-electron chi connectivity index (χ1n) is 7.37. The summed E-state index contributed by atoms with van der Waals surface area (Å²) in [5, 5.41) is 1.91. The third-order valence-electron chi connectivity index (χ3n) is 5.27. The SMILES string of the molecule is C[C@@H]1C=C([Si](C)(C)C)[C@H]2[C@H](CC1)[C@@H]1C=C[C@H]2C1. The van der Waals surface area contributed by atoms with Gasteiger partial charge in [-0.2, -0.15) is 0 Å². The lowest BCUT2D eigenvalue weighted by Gasteiger charge is -2.34. The van der Waals surface area contributed by atoms with E-state index in [0.29, 0.717) is 0 Å². The van der Waals surface area contributed by atoms with Crippen LogP contribution in [0.25, 0.3) is 0 Å². The molecule has 0 nitrogen and oxygen atoms in total. The quantitative estimate of drug-likeness (QED) is 0.466. The minimum absolute atomic E-state index is 0.821. The van der Waals surface area contributed by atoms with Gasteiger partial charge in [0.15, 0.2) is 0 Å². The van der Waals surface area contributed by atoms with Crippen LogP contribution in [-0.4, -0.2) is 8.07 Å². The van der Waals surface area contributed by atoms with Crippen molar-refractivity contribution < 1.29 is 0 Å². The molecule has 0 aromatic carbocycles. The Morgan fingerprint density at radius 1 is 1.06 bits per heavy atom. The Bertz CT molecular complexity index is 371. The topological polar surface area (TPSA) is 0 Å². The molecule has 0 radical (unpaired) electrons. The van der Waals surface area contributed by atoms with E-state index in [2.05, 4.69) is 44.8 Å². The van der Waals surface area contributed by atoms with Crippen LogP contribution in [0.15, 0.2) is 23.4 Å². The molecule has 0 amide bonds. The van der Waals surface area contributed by atoms with Crippen LogP contribution in [0.2, 0.25) is 19.6 Å². The van der Waals surface area contributed by atoms with Gasteiger partial charge in [-0.15, -0.1) is 0 Å². The fraction of sp³-hybridized carbons (Fsp3) is 0.750. The summed E-state index contributed by atoms with van der Waals surface area (Å²) in [6.45, 7) is 10.1. The number of hydrogen-bond donors (Lipinski definition) is 0. The molecular formula is C16H26Si. The molecule has 1 saturated carbocycles. The predicted molar refractivity (Wildman–Crippen MR) is 77.5 cm³/mol. The van der Waals surface area contributed by atoms with E-state index in [-0.39, 0.29) is 0 Å². The maximum Gasteiger partial charge on any atom is 0.0724 e. The lowest BCUT2D eigenvalue weighted by atomic mass is 9.81. The Kier molecular flexibility index (Phi) is 2.66. The van der Waals surface area contributed by atoms with Gasteiger partial charge in [-0.05, 0) is 48.9 Å². The van der Waals surface area contributed by atoms with E-state index in [9.17, 15) is 0 Å². The van der Waals surface area contributed by atoms with Crippen molar-refractivity contribution in [3.05, 3.63) is 23.4 Å². The van der Waals surface area contributed by atoms with Gasteiger partial charge in [-0.25, -0.2) is 0 Å². The van der Waals surface area contributed by atoms with Gasteiger partial charge in [-0.3, -0.25) is 0 Å². The van der Waals surface area contributed by atoms with Gasteiger partial charge in [-0.1, -0.05) is 50.0 Å². The lowest BCUT2D eigenvalue weighted by molar-refractivity contribution is 0.332. The number of allylic oxidation sites excluding steroid dienone is 4. The van der Waals surface area contributed by atoms with Gasteiger partial charge < -0.3 is 0 Å². The van der Waals surface area contributed by atoms with Crippen LogP contribution in [0.3, 0.4) is 0 Å². The van der Waals surface area contributed by atoms with Gasteiger partial charge in [0, 0.05) is 0 Å². The van der Waals surface area contributed by atoms with E-state index in [1.165, 1.54) is 19.3 Å². The summed E-state index contributed by atoms with van der Waals surface area (Å²) in [5.41, 5.74) is 0. The number of hydrogen-bond acceptors (Lipinski definition) is 0. The van der Waals surface area contributed by atoms with Crippen molar-refractivity contribution in [3.63, 3.8) is 0 Å². The van der Waals surface area contributed by atoms with E-state index in [4.69, 9.17) is 0 Å². The maximum absolute atomic E-state index is 2.69. The van der Waals surface area contributed by atoms with Gasteiger partial charge in [0.25, 0.3) is 0 Å². The minimum atomic E-state index is -1.13. The zero-order valence-electron chi connectivity index (χ0n) is 11.7. The van der Waals surface area contributed by atoms with Crippen LogP contribution in [0, 0.1) is 29.6 Å². The molecule has 0 aromatic rings. The fourth-order valence-electron chi connectivity index (χ4n) is 4.49. The summed E-state index contributed by atoms with van der Waals surface area (Å²) >= 11 is 0. The monoisotopic (exact) mass is 246 g/mol. The Labute approximate surface area is 107 Å². The second-order valence-electron chi connectivity index (χ2n) is 7.56. The molecule has 1 heteroatoms. The summed E-state index contributed by atoms with van der Waals surface area (Å²) in [4.78, 5) is 0. The second kappa shape index (κ2) is 3.84. The molecule has 0 N–H and O–H groups in total. The van der Waals surface area contributed by atoms with E-state index in [1.807, 2.05) is 5.20 Å². The van der Waals surface area contributed by atoms with Crippen molar-refractivity contribution >= 4 is 8.07 Å². The Balaban J connectivity index is 2.01. The Morgan fingerprint density at radius 3 is 2.47 bits per heavy atom. The molecule has 0 saturated heterocycles. The van der Waals surface area contributed by atoms with Gasteiger partial charge in [0.1, 0.15) is 0 Å². The third kappa shape index (κ3) is 1.87. The predicted octanol–water partition coefficient (Wildman–Crippen LogP) is 4.66. The molecule has 0 unspecified atom stereocenters. The van der Waals surface area contributed by atoms with Crippen molar-refractivity contribution in [3.8, 4) is 0 Å². The minimum Gasteiger partial charge on any atom is -0.0860 e. The zero-order chi connectivity index (χ0) is 12.2. The zero-order valence-corrected chi connectivity index (χ0v) is 12.7. The lowest BCUT2D eigenvalue weighted by Crippen LogP contribution is -2.34. The highest BCUT2D eigenvalue weighted by molar-refractivity contribution is 6.83. The Morgan fingerprint density at radius 2 is 1.76 bits per heavy atom. The summed E-state index contributed by atoms with van der Waals surface area (Å²) in [5.74, 6) is 4.57. The number of rotatable bonds is 1. The molecule has 17 heavy (non-hydrogen) atoms. The van der Waals surface area contributed by atoms with E-state index >= 15 is 0 Å². The van der Waals surface area contributed by atoms with Crippen LogP contribution in [-0.2, 0) is 0 Å². The fourth-order valence-corrected chi connectivity index (χ4v) is 6.70. The van der Waals surface area contributed by atoms with Crippen molar-refractivity contribution in [1.29, 1.82) is 0 Å². The molecule has 3 aliphatic rings. The molecule has 0 spiro atoms. The van der Waals surface area contributed by atoms with E-state index < -0.39 is 8.07 Å². The molecule has 0 aromatic heterocycles. The van der Waals surface area contributed by atoms with E-state index in [0.717, 1.165) is 29.6 Å². The van der Waals surface area contributed by atoms with Crippen LogP contribution in [0.5, 0.6) is 0 Å². The largest absolute Gasteiger partial charge is 0.0860 e. The molecule has 3 aliphatic carbocycles. The van der Waals surface area contributed by atoms with Gasteiger partial charge in [0.05, 0.1) is 8.07 Å². The normalized spacial score (nSPS) is 44.5. The standard InChI is InChI=1S/C16H26Si/c1-11-5-8-14-12-6-7-13(10-12)16(14)15(9-11)17(2,3)4/h6-7,9,11-14,16H,5,8,10H2,1-4H3/t11-,12+,13-,14+,16+/m0/s1. The van der Waals surface area contributed by atoms with Crippen LogP contribution >= 0.6 is 0 Å². The van der Waals surface area contributed by atoms with Crippen LogP contribution in [0.1, 0.15) is 26.2 Å². The molecule has 3 rings (SSSR count). The molecular weight excluding hydrogens is 220 g/mol. The van der Waals surface area contributed by atoms with Crippen LogP contribution < -0.4 is 0 Å². The highest BCUT2D eigenvalue weighted by Gasteiger charge is 2.48.